The zero-order valence-corrected chi connectivity index (χ0v) is 12.8. The van der Waals surface area contributed by atoms with Crippen molar-refractivity contribution >= 4 is 21.8 Å². The van der Waals surface area contributed by atoms with Crippen LogP contribution in [0.15, 0.2) is 29.0 Å². The number of carbonyl (C=O) groups excluding carboxylic acids is 1. The third kappa shape index (κ3) is 3.36. The van der Waals surface area contributed by atoms with Crippen molar-refractivity contribution < 1.29 is 9.53 Å². The number of aromatic nitrogens is 3. The van der Waals surface area contributed by atoms with Crippen LogP contribution in [0.1, 0.15) is 16.2 Å². The predicted octanol–water partition coefficient (Wildman–Crippen LogP) is 1.79. The molecule has 0 atom stereocenters. The number of nitrogens with zero attached hydrogens (tertiary/aromatic N) is 3. The fourth-order valence-corrected chi connectivity index (χ4v) is 2.11. The van der Waals surface area contributed by atoms with E-state index >= 15 is 0 Å². The Morgan fingerprint density at radius 3 is 2.95 bits per heavy atom. The summed E-state index contributed by atoms with van der Waals surface area (Å²) in [6.45, 7) is 2.99. The highest BCUT2D eigenvalue weighted by Crippen LogP contribution is 2.23. The molecule has 1 amide bonds. The fourth-order valence-electron chi connectivity index (χ4n) is 1.77. The topological polar surface area (TPSA) is 69.0 Å². The van der Waals surface area contributed by atoms with Gasteiger partial charge in [-0.1, -0.05) is 15.9 Å². The first kappa shape index (κ1) is 14.5. The normalized spacial score (nSPS) is 10.3. The lowest BCUT2D eigenvalue weighted by Gasteiger charge is -2.10. The van der Waals surface area contributed by atoms with Crippen LogP contribution in [0.4, 0.5) is 0 Å². The highest BCUT2D eigenvalue weighted by molar-refractivity contribution is 9.10. The average Bonchev–Trinajstić information content (AvgIpc) is 2.84. The molecule has 0 saturated heterocycles. The highest BCUT2D eigenvalue weighted by Gasteiger charge is 2.12. The average molecular weight is 339 g/mol. The van der Waals surface area contributed by atoms with Crippen molar-refractivity contribution in [2.45, 2.75) is 13.5 Å². The SMILES string of the molecule is COc1cc(Br)ccc1C(=O)NCCn1cnnc1C. The smallest absolute Gasteiger partial charge is 0.255 e. The Balaban J connectivity index is 1.97. The van der Waals surface area contributed by atoms with E-state index in [1.54, 1.807) is 31.6 Å². The van der Waals surface area contributed by atoms with Gasteiger partial charge in [-0.25, -0.2) is 0 Å². The Bertz CT molecular complexity index is 612. The quantitative estimate of drug-likeness (QED) is 0.902. The maximum Gasteiger partial charge on any atom is 0.255 e. The van der Waals surface area contributed by atoms with Crippen molar-refractivity contribution in [2.75, 3.05) is 13.7 Å². The van der Waals surface area contributed by atoms with E-state index in [1.165, 1.54) is 0 Å². The number of amides is 1. The molecule has 20 heavy (non-hydrogen) atoms. The zero-order chi connectivity index (χ0) is 14.5. The van der Waals surface area contributed by atoms with Crippen LogP contribution < -0.4 is 10.1 Å². The molecule has 1 N–H and O–H groups in total. The van der Waals surface area contributed by atoms with Crippen molar-refractivity contribution in [3.8, 4) is 5.75 Å². The first-order valence-electron chi connectivity index (χ1n) is 6.08. The summed E-state index contributed by atoms with van der Waals surface area (Å²) in [6, 6.07) is 5.29. The van der Waals surface area contributed by atoms with E-state index in [1.807, 2.05) is 11.5 Å². The summed E-state index contributed by atoms with van der Waals surface area (Å²) in [5.41, 5.74) is 0.510. The second kappa shape index (κ2) is 6.51. The minimum Gasteiger partial charge on any atom is -0.496 e. The number of aryl methyl sites for hydroxylation is 1. The molecule has 0 aliphatic rings. The lowest BCUT2D eigenvalue weighted by molar-refractivity contribution is 0.0949. The minimum absolute atomic E-state index is 0.167. The standard InChI is InChI=1S/C13H15BrN4O2/c1-9-17-16-8-18(9)6-5-15-13(19)11-4-3-10(14)7-12(11)20-2/h3-4,7-8H,5-6H2,1-2H3,(H,15,19). The van der Waals surface area contributed by atoms with E-state index < -0.39 is 0 Å². The van der Waals surface area contributed by atoms with E-state index in [-0.39, 0.29) is 5.91 Å². The van der Waals surface area contributed by atoms with Crippen LogP contribution in [0.2, 0.25) is 0 Å². The van der Waals surface area contributed by atoms with Gasteiger partial charge in [-0.3, -0.25) is 4.79 Å². The van der Waals surface area contributed by atoms with E-state index in [0.717, 1.165) is 10.3 Å². The molecule has 0 fully saturated rings. The maximum absolute atomic E-state index is 12.1. The van der Waals surface area contributed by atoms with E-state index in [4.69, 9.17) is 4.74 Å². The molecule has 0 aliphatic heterocycles. The molecule has 0 radical (unpaired) electrons. The molecule has 0 bridgehead atoms. The van der Waals surface area contributed by atoms with Gasteiger partial charge < -0.3 is 14.6 Å². The first-order valence-corrected chi connectivity index (χ1v) is 6.87. The van der Waals surface area contributed by atoms with E-state index in [2.05, 4.69) is 31.4 Å². The summed E-state index contributed by atoms with van der Waals surface area (Å²) < 4.78 is 7.94. The van der Waals surface area contributed by atoms with E-state index in [0.29, 0.717) is 24.4 Å². The van der Waals surface area contributed by atoms with E-state index in [9.17, 15) is 4.79 Å². The fraction of sp³-hybridized carbons (Fsp3) is 0.308. The Morgan fingerprint density at radius 2 is 2.30 bits per heavy atom. The highest BCUT2D eigenvalue weighted by atomic mass is 79.9. The number of carbonyl (C=O) groups is 1. The number of benzene rings is 1. The number of halogens is 1. The molecule has 1 aromatic carbocycles. The van der Waals surface area contributed by atoms with Crippen molar-refractivity contribution in [1.29, 1.82) is 0 Å². The molecule has 2 aromatic rings. The number of hydrogen-bond donors (Lipinski definition) is 1. The molecule has 2 rings (SSSR count). The number of methoxy groups -OCH3 is 1. The molecule has 0 spiro atoms. The number of rotatable bonds is 5. The lowest BCUT2D eigenvalue weighted by Crippen LogP contribution is -2.27. The van der Waals surface area contributed by atoms with Crippen LogP contribution in [0, 0.1) is 6.92 Å². The molecule has 6 nitrogen and oxygen atoms in total. The van der Waals surface area contributed by atoms with Crippen LogP contribution in [0.5, 0.6) is 5.75 Å². The van der Waals surface area contributed by atoms with Gasteiger partial charge in [0.1, 0.15) is 17.9 Å². The van der Waals surface area contributed by atoms with Crippen molar-refractivity contribution in [3.63, 3.8) is 0 Å². The number of nitrogens with one attached hydrogen (secondary N) is 1. The van der Waals surface area contributed by atoms with Crippen LogP contribution in [-0.4, -0.2) is 34.3 Å². The summed E-state index contributed by atoms with van der Waals surface area (Å²) in [4.78, 5) is 12.1. The second-order valence-corrected chi connectivity index (χ2v) is 5.09. The van der Waals surface area contributed by atoms with Gasteiger partial charge in [0, 0.05) is 17.6 Å². The number of hydrogen-bond acceptors (Lipinski definition) is 4. The third-order valence-corrected chi connectivity index (χ3v) is 3.35. The predicted molar refractivity (Wildman–Crippen MR) is 77.8 cm³/mol. The Labute approximate surface area is 125 Å². The zero-order valence-electron chi connectivity index (χ0n) is 11.3. The molecule has 0 aliphatic carbocycles. The van der Waals surface area contributed by atoms with Crippen molar-refractivity contribution in [1.82, 2.24) is 20.1 Å². The lowest BCUT2D eigenvalue weighted by atomic mass is 10.2. The van der Waals surface area contributed by atoms with Crippen LogP contribution in [0.25, 0.3) is 0 Å². The molecular weight excluding hydrogens is 324 g/mol. The van der Waals surface area contributed by atoms with Crippen LogP contribution >= 0.6 is 15.9 Å². The van der Waals surface area contributed by atoms with Crippen LogP contribution in [-0.2, 0) is 6.54 Å². The molecule has 0 unspecified atom stereocenters. The van der Waals surface area contributed by atoms with Gasteiger partial charge in [0.2, 0.25) is 0 Å². The summed E-state index contributed by atoms with van der Waals surface area (Å²) in [5.74, 6) is 1.19. The van der Waals surface area contributed by atoms with Crippen molar-refractivity contribution in [3.05, 3.63) is 40.4 Å². The monoisotopic (exact) mass is 338 g/mol. The Kier molecular flexibility index (Phi) is 4.73. The molecular formula is C13H15BrN4O2. The molecule has 1 aromatic heterocycles. The first-order chi connectivity index (χ1) is 9.61. The maximum atomic E-state index is 12.1. The van der Waals surface area contributed by atoms with Gasteiger partial charge in [0.25, 0.3) is 5.91 Å². The van der Waals surface area contributed by atoms with Gasteiger partial charge in [-0.15, -0.1) is 10.2 Å². The Hall–Kier alpha value is -1.89. The van der Waals surface area contributed by atoms with Gasteiger partial charge in [-0.2, -0.15) is 0 Å². The largest absolute Gasteiger partial charge is 0.496 e. The molecule has 7 heteroatoms. The van der Waals surface area contributed by atoms with Gasteiger partial charge in [0.05, 0.1) is 12.7 Å². The van der Waals surface area contributed by atoms with Crippen LogP contribution in [0.3, 0.4) is 0 Å². The molecule has 0 saturated carbocycles. The second-order valence-electron chi connectivity index (χ2n) is 4.17. The van der Waals surface area contributed by atoms with Gasteiger partial charge in [0.15, 0.2) is 0 Å². The summed E-state index contributed by atoms with van der Waals surface area (Å²) in [5, 5.41) is 10.5. The third-order valence-electron chi connectivity index (χ3n) is 2.86. The summed E-state index contributed by atoms with van der Waals surface area (Å²) in [6.07, 6.45) is 1.64. The summed E-state index contributed by atoms with van der Waals surface area (Å²) >= 11 is 3.34. The van der Waals surface area contributed by atoms with Gasteiger partial charge >= 0.3 is 0 Å². The summed E-state index contributed by atoms with van der Waals surface area (Å²) in [7, 11) is 1.54. The molecule has 106 valence electrons. The Morgan fingerprint density at radius 1 is 1.50 bits per heavy atom. The number of ether oxygens (including phenoxy) is 1. The minimum atomic E-state index is -0.167. The van der Waals surface area contributed by atoms with Crippen molar-refractivity contribution in [2.24, 2.45) is 0 Å². The molecule has 1 heterocycles. The van der Waals surface area contributed by atoms with Gasteiger partial charge in [-0.05, 0) is 25.1 Å².